The van der Waals surface area contributed by atoms with Gasteiger partial charge >= 0.3 is 0 Å². The number of fused-ring (bicyclic) bond motifs is 1. The van der Waals surface area contributed by atoms with Crippen LogP contribution in [0.2, 0.25) is 0 Å². The van der Waals surface area contributed by atoms with Crippen LogP contribution in [0.3, 0.4) is 0 Å². The van der Waals surface area contributed by atoms with Gasteiger partial charge in [0.15, 0.2) is 0 Å². The minimum Gasteiger partial charge on any atom is -0.496 e. The van der Waals surface area contributed by atoms with Crippen molar-refractivity contribution in [2.75, 3.05) is 26.8 Å². The number of hydrogen-bond donors (Lipinski definition) is 1. The van der Waals surface area contributed by atoms with E-state index in [9.17, 15) is 9.59 Å². The molecule has 0 fully saturated rings. The summed E-state index contributed by atoms with van der Waals surface area (Å²) in [5.41, 5.74) is 3.19. The number of methoxy groups -OCH3 is 1. The first-order chi connectivity index (χ1) is 16.1. The van der Waals surface area contributed by atoms with E-state index in [1.54, 1.807) is 15.9 Å². The van der Waals surface area contributed by atoms with Crippen molar-refractivity contribution in [2.45, 2.75) is 33.0 Å². The molecule has 1 amide bonds. The van der Waals surface area contributed by atoms with Crippen LogP contribution in [-0.2, 0) is 26.1 Å². The van der Waals surface area contributed by atoms with Gasteiger partial charge in [0.1, 0.15) is 17.1 Å². The second-order valence-corrected chi connectivity index (χ2v) is 8.69. The lowest BCUT2D eigenvalue weighted by atomic mass is 10.1. The molecule has 174 valence electrons. The zero-order valence-corrected chi connectivity index (χ0v) is 19.8. The number of para-hydroxylation sites is 1. The van der Waals surface area contributed by atoms with E-state index in [2.05, 4.69) is 16.3 Å². The first kappa shape index (κ1) is 23.1. The molecule has 0 atom stereocenters. The second-order valence-electron chi connectivity index (χ2n) is 7.91. The lowest BCUT2D eigenvalue weighted by Crippen LogP contribution is -2.31. The van der Waals surface area contributed by atoms with Crippen LogP contribution < -0.4 is 20.3 Å². The molecule has 0 radical (unpaired) electrons. The zero-order chi connectivity index (χ0) is 23.2. The van der Waals surface area contributed by atoms with E-state index >= 15 is 0 Å². The van der Waals surface area contributed by atoms with Crippen molar-refractivity contribution in [2.24, 2.45) is 0 Å². The summed E-state index contributed by atoms with van der Waals surface area (Å²) < 4.78 is 13.0. The Bertz CT molecular complexity index is 1160. The quantitative estimate of drug-likeness (QED) is 0.550. The van der Waals surface area contributed by atoms with Crippen LogP contribution in [0.4, 0.5) is 0 Å². The molecule has 0 bridgehead atoms. The Morgan fingerprint density at radius 1 is 1.15 bits per heavy atom. The fourth-order valence-corrected chi connectivity index (χ4v) is 4.86. The molecule has 1 aliphatic heterocycles. The highest BCUT2D eigenvalue weighted by molar-refractivity contribution is 7.07. The topological polar surface area (TPSA) is 72.8 Å². The van der Waals surface area contributed by atoms with Gasteiger partial charge in [-0.15, -0.1) is 0 Å². The summed E-state index contributed by atoms with van der Waals surface area (Å²) in [4.78, 5) is 28.3. The number of nitrogens with zero attached hydrogens (tertiary/aromatic N) is 2. The largest absolute Gasteiger partial charge is 0.496 e. The van der Waals surface area contributed by atoms with Gasteiger partial charge in [0.2, 0.25) is 0 Å². The fraction of sp³-hybridized carbons (Fsp3) is 0.360. The van der Waals surface area contributed by atoms with Gasteiger partial charge in [0, 0.05) is 56.5 Å². The zero-order valence-electron chi connectivity index (χ0n) is 19.0. The highest BCUT2D eigenvalue weighted by Gasteiger charge is 2.25. The van der Waals surface area contributed by atoms with Gasteiger partial charge in [-0.3, -0.25) is 14.5 Å². The number of ether oxygens (including phenoxy) is 2. The second kappa shape index (κ2) is 10.7. The Kier molecular flexibility index (Phi) is 7.47. The summed E-state index contributed by atoms with van der Waals surface area (Å²) in [5.74, 6) is 0.982. The summed E-state index contributed by atoms with van der Waals surface area (Å²) in [6.45, 7) is 5.68. The third-order valence-corrected chi connectivity index (χ3v) is 6.56. The predicted octanol–water partition coefficient (Wildman–Crippen LogP) is 3.31. The normalized spacial score (nSPS) is 13.8. The number of hydrogen-bond acceptors (Lipinski definition) is 6. The van der Waals surface area contributed by atoms with Gasteiger partial charge in [-0.1, -0.05) is 18.2 Å². The van der Waals surface area contributed by atoms with Crippen LogP contribution in [0.15, 0.2) is 52.0 Å². The van der Waals surface area contributed by atoms with Crippen LogP contribution in [0.25, 0.3) is 0 Å². The van der Waals surface area contributed by atoms with E-state index in [1.807, 2.05) is 41.9 Å². The molecule has 0 spiro atoms. The monoisotopic (exact) mass is 467 g/mol. The van der Waals surface area contributed by atoms with Gasteiger partial charge in [-0.25, -0.2) is 0 Å². The van der Waals surface area contributed by atoms with Crippen LogP contribution in [0, 0.1) is 0 Å². The van der Waals surface area contributed by atoms with Gasteiger partial charge in [0.25, 0.3) is 11.5 Å². The Morgan fingerprint density at radius 2 is 2.00 bits per heavy atom. The third-order valence-electron chi connectivity index (χ3n) is 5.83. The number of thiophene rings is 1. The Labute approximate surface area is 197 Å². The van der Waals surface area contributed by atoms with E-state index < -0.39 is 0 Å². The van der Waals surface area contributed by atoms with Crippen LogP contribution in [0.5, 0.6) is 11.5 Å². The minimum atomic E-state index is -0.225. The van der Waals surface area contributed by atoms with Gasteiger partial charge in [-0.05, 0) is 35.4 Å². The highest BCUT2D eigenvalue weighted by atomic mass is 32.1. The SMILES string of the molecule is CCOc1ccccc1CN1CCc2c(C(=O)NCc3ccsc3)c(OC)cc(=O)n2CC1. The van der Waals surface area contributed by atoms with Crippen LogP contribution >= 0.6 is 11.3 Å². The molecule has 3 heterocycles. The van der Waals surface area contributed by atoms with Crippen molar-refractivity contribution >= 4 is 17.2 Å². The third kappa shape index (κ3) is 5.29. The summed E-state index contributed by atoms with van der Waals surface area (Å²) >= 11 is 1.59. The summed E-state index contributed by atoms with van der Waals surface area (Å²) in [7, 11) is 1.50. The lowest BCUT2D eigenvalue weighted by molar-refractivity contribution is 0.0945. The predicted molar refractivity (Wildman–Crippen MR) is 129 cm³/mol. The van der Waals surface area contributed by atoms with Crippen molar-refractivity contribution in [3.8, 4) is 11.5 Å². The molecule has 1 N–H and O–H groups in total. The maximum Gasteiger partial charge on any atom is 0.257 e. The highest BCUT2D eigenvalue weighted by Crippen LogP contribution is 2.25. The van der Waals surface area contributed by atoms with Crippen molar-refractivity contribution in [3.63, 3.8) is 0 Å². The summed E-state index contributed by atoms with van der Waals surface area (Å²) in [6, 6.07) is 11.4. The number of nitrogens with one attached hydrogen (secondary N) is 1. The molecule has 2 aromatic heterocycles. The van der Waals surface area contributed by atoms with Crippen molar-refractivity contribution < 1.29 is 14.3 Å². The minimum absolute atomic E-state index is 0.146. The Morgan fingerprint density at radius 3 is 2.76 bits per heavy atom. The van der Waals surface area contributed by atoms with Crippen LogP contribution in [-0.4, -0.2) is 42.2 Å². The molecule has 33 heavy (non-hydrogen) atoms. The molecular formula is C25H29N3O4S. The number of benzene rings is 1. The number of carbonyl (C=O) groups is 1. The van der Waals surface area contributed by atoms with Crippen molar-refractivity contribution in [1.82, 2.24) is 14.8 Å². The summed E-state index contributed by atoms with van der Waals surface area (Å²) in [6.07, 6.45) is 0.574. The molecule has 4 rings (SSSR count). The Balaban J connectivity index is 1.57. The smallest absolute Gasteiger partial charge is 0.257 e. The molecule has 1 aliphatic rings. The lowest BCUT2D eigenvalue weighted by Gasteiger charge is -2.21. The molecule has 0 saturated heterocycles. The number of rotatable bonds is 8. The molecule has 0 aliphatic carbocycles. The maximum atomic E-state index is 13.2. The van der Waals surface area contributed by atoms with Crippen molar-refractivity contribution in [3.05, 3.63) is 79.9 Å². The van der Waals surface area contributed by atoms with Crippen LogP contribution in [0.1, 0.15) is 34.1 Å². The van der Waals surface area contributed by atoms with E-state index in [-0.39, 0.29) is 11.5 Å². The van der Waals surface area contributed by atoms with E-state index in [1.165, 1.54) is 13.2 Å². The molecule has 0 unspecified atom stereocenters. The summed E-state index contributed by atoms with van der Waals surface area (Å²) in [5, 5.41) is 6.97. The molecule has 0 saturated carbocycles. The van der Waals surface area contributed by atoms with E-state index in [0.29, 0.717) is 44.0 Å². The molecular weight excluding hydrogens is 438 g/mol. The molecule has 8 heteroatoms. The molecule has 3 aromatic rings. The number of pyridine rings is 1. The van der Waals surface area contributed by atoms with E-state index in [4.69, 9.17) is 9.47 Å². The average molecular weight is 468 g/mol. The first-order valence-corrected chi connectivity index (χ1v) is 12.1. The van der Waals surface area contributed by atoms with Gasteiger partial charge in [-0.2, -0.15) is 11.3 Å². The molecule has 1 aromatic carbocycles. The van der Waals surface area contributed by atoms with Gasteiger partial charge in [0.05, 0.1) is 13.7 Å². The fourth-order valence-electron chi connectivity index (χ4n) is 4.19. The van der Waals surface area contributed by atoms with E-state index in [0.717, 1.165) is 35.7 Å². The number of carbonyl (C=O) groups excluding carboxylic acids is 1. The number of amides is 1. The number of aromatic nitrogens is 1. The molecule has 7 nitrogen and oxygen atoms in total. The first-order valence-electron chi connectivity index (χ1n) is 11.1. The average Bonchev–Trinajstić information content (AvgIpc) is 3.26. The van der Waals surface area contributed by atoms with Gasteiger partial charge < -0.3 is 19.4 Å². The van der Waals surface area contributed by atoms with Crippen molar-refractivity contribution in [1.29, 1.82) is 0 Å². The standard InChI is InChI=1S/C25H29N3O4S/c1-3-32-21-7-5-4-6-19(21)16-27-10-8-20-24(25(30)26-15-18-9-13-33-17-18)22(31-2)14-23(29)28(20)12-11-27/h4-7,9,13-14,17H,3,8,10-12,15-16H2,1-2H3,(H,26,30). The Hall–Kier alpha value is -3.10. The maximum absolute atomic E-state index is 13.2.